The summed E-state index contributed by atoms with van der Waals surface area (Å²) in [6, 6.07) is 14.0. The van der Waals surface area contributed by atoms with Gasteiger partial charge in [0.05, 0.1) is 22.4 Å². The summed E-state index contributed by atoms with van der Waals surface area (Å²) < 4.78 is 26.2. The molecule has 0 radical (unpaired) electrons. The van der Waals surface area contributed by atoms with Crippen molar-refractivity contribution in [3.63, 3.8) is 0 Å². The van der Waals surface area contributed by atoms with Crippen molar-refractivity contribution in [3.05, 3.63) is 47.5 Å². The maximum Gasteiger partial charge on any atom is 0.494 e. The third-order valence-corrected chi connectivity index (χ3v) is 11.4. The monoisotopic (exact) mass is 586 g/mol. The fraction of sp³-hybridized carbons (Fsp3) is 0.676. The lowest BCUT2D eigenvalue weighted by Crippen LogP contribution is -2.41. The molecule has 2 fully saturated rings. The highest BCUT2D eigenvalue weighted by Gasteiger charge is 2.54. The summed E-state index contributed by atoms with van der Waals surface area (Å²) in [7, 11) is -0.727. The minimum atomic E-state index is -0.366. The second-order valence-electron chi connectivity index (χ2n) is 15.5. The predicted octanol–water partition coefficient (Wildman–Crippen LogP) is 8.49. The van der Waals surface area contributed by atoms with Crippen LogP contribution in [0, 0.1) is 0 Å². The number of benzene rings is 2. The Bertz CT molecular complexity index is 1170. The van der Waals surface area contributed by atoms with Gasteiger partial charge in [0.2, 0.25) is 0 Å². The third-order valence-electron chi connectivity index (χ3n) is 11.4. The Labute approximate surface area is 263 Å². The van der Waals surface area contributed by atoms with Gasteiger partial charge in [-0.25, -0.2) is 0 Å². The molecule has 0 amide bonds. The van der Waals surface area contributed by atoms with Crippen molar-refractivity contribution in [2.75, 3.05) is 0 Å². The Balaban J connectivity index is 1.60. The summed E-state index contributed by atoms with van der Waals surface area (Å²) >= 11 is 0. The molecule has 43 heavy (non-hydrogen) atoms. The van der Waals surface area contributed by atoms with E-state index in [1.54, 1.807) is 0 Å². The topological polar surface area (TPSA) is 36.9 Å². The van der Waals surface area contributed by atoms with E-state index in [2.05, 4.69) is 106 Å². The van der Waals surface area contributed by atoms with E-state index in [1.807, 2.05) is 0 Å². The molecule has 1 aliphatic carbocycles. The summed E-state index contributed by atoms with van der Waals surface area (Å²) in [4.78, 5) is 0. The molecule has 2 heterocycles. The van der Waals surface area contributed by atoms with Crippen molar-refractivity contribution in [1.82, 2.24) is 0 Å². The smallest absolute Gasteiger partial charge is 0.399 e. The first-order valence-electron chi connectivity index (χ1n) is 17.2. The van der Waals surface area contributed by atoms with Crippen molar-refractivity contribution in [3.8, 4) is 11.1 Å². The molecule has 0 saturated carbocycles. The van der Waals surface area contributed by atoms with Gasteiger partial charge >= 0.3 is 14.2 Å². The average Bonchev–Trinajstić information content (AvgIpc) is 3.43. The summed E-state index contributed by atoms with van der Waals surface area (Å²) in [6.45, 7) is 21.7. The molecule has 2 saturated heterocycles. The van der Waals surface area contributed by atoms with E-state index < -0.39 is 0 Å². The van der Waals surface area contributed by atoms with E-state index in [4.69, 9.17) is 18.6 Å². The molecule has 0 atom stereocenters. The highest BCUT2D eigenvalue weighted by atomic mass is 16.7. The first kappa shape index (κ1) is 32.8. The van der Waals surface area contributed by atoms with Crippen LogP contribution in [0.1, 0.15) is 145 Å². The molecule has 3 aliphatic rings. The first-order chi connectivity index (χ1) is 20.2. The largest absolute Gasteiger partial charge is 0.494 e. The Kier molecular flexibility index (Phi) is 9.13. The summed E-state index contributed by atoms with van der Waals surface area (Å²) in [5, 5.41) is 0. The van der Waals surface area contributed by atoms with Gasteiger partial charge in [0.25, 0.3) is 0 Å². The fourth-order valence-corrected chi connectivity index (χ4v) is 7.15. The molecule has 0 spiro atoms. The molecule has 2 aliphatic heterocycles. The highest BCUT2D eigenvalue weighted by molar-refractivity contribution is 6.62. The van der Waals surface area contributed by atoms with Crippen molar-refractivity contribution in [1.29, 1.82) is 0 Å². The van der Waals surface area contributed by atoms with Crippen LogP contribution in [0.15, 0.2) is 36.4 Å². The molecule has 2 aromatic rings. The molecule has 0 bridgehead atoms. The standard InChI is InChI=1S/C37H56B2O4/c1-11-13-15-17-23-37(24-18-16-14-12-2)31-25-27(38-40-33(3,4)34(5,6)41-38)19-21-29(31)30-22-20-28(26-32(30)37)39-42-35(7,8)36(9,10)43-39/h19-22,25-26H,11-18,23-24H2,1-10H3. The van der Waals surface area contributed by atoms with Crippen molar-refractivity contribution in [2.45, 2.75) is 161 Å². The van der Waals surface area contributed by atoms with Gasteiger partial charge in [-0.15, -0.1) is 0 Å². The van der Waals surface area contributed by atoms with Crippen LogP contribution in [0.3, 0.4) is 0 Å². The normalized spacial score (nSPS) is 22.2. The van der Waals surface area contributed by atoms with E-state index in [0.29, 0.717) is 0 Å². The molecule has 234 valence electrons. The molecule has 2 aromatic carbocycles. The third kappa shape index (κ3) is 5.91. The fourth-order valence-electron chi connectivity index (χ4n) is 7.15. The number of unbranched alkanes of at least 4 members (excludes halogenated alkanes) is 6. The van der Waals surface area contributed by atoms with Gasteiger partial charge in [0.15, 0.2) is 0 Å². The highest BCUT2D eigenvalue weighted by Crippen LogP contribution is 2.54. The van der Waals surface area contributed by atoms with Gasteiger partial charge in [-0.1, -0.05) is 102 Å². The summed E-state index contributed by atoms with van der Waals surface area (Å²) in [6.07, 6.45) is 12.4. The van der Waals surface area contributed by atoms with Crippen LogP contribution in [0.4, 0.5) is 0 Å². The second kappa shape index (κ2) is 12.0. The zero-order valence-electron chi connectivity index (χ0n) is 28.8. The van der Waals surface area contributed by atoms with Crippen LogP contribution in [-0.2, 0) is 24.0 Å². The minimum absolute atomic E-state index is 0.0501. The van der Waals surface area contributed by atoms with Crippen LogP contribution < -0.4 is 10.9 Å². The van der Waals surface area contributed by atoms with Crippen molar-refractivity contribution < 1.29 is 18.6 Å². The quantitative estimate of drug-likeness (QED) is 0.185. The maximum atomic E-state index is 6.55. The van der Waals surface area contributed by atoms with Gasteiger partial charge in [-0.05, 0) is 101 Å². The molecule has 5 rings (SSSR count). The molecule has 0 unspecified atom stereocenters. The average molecular weight is 586 g/mol. The van der Waals surface area contributed by atoms with Crippen LogP contribution >= 0.6 is 0 Å². The maximum absolute atomic E-state index is 6.55. The van der Waals surface area contributed by atoms with E-state index in [0.717, 1.165) is 23.8 Å². The van der Waals surface area contributed by atoms with Gasteiger partial charge in [-0.3, -0.25) is 0 Å². The Hall–Kier alpha value is -1.59. The van der Waals surface area contributed by atoms with E-state index in [-0.39, 0.29) is 42.1 Å². The zero-order valence-corrected chi connectivity index (χ0v) is 28.8. The minimum Gasteiger partial charge on any atom is -0.399 e. The molecule has 0 N–H and O–H groups in total. The lowest BCUT2D eigenvalue weighted by Gasteiger charge is -2.33. The SMILES string of the molecule is CCCCCCC1(CCCCCC)c2cc(B3OC(C)(C)C(C)(C)O3)ccc2-c2ccc(B3OC(C)(C)C(C)(C)O3)cc21. The number of rotatable bonds is 12. The summed E-state index contributed by atoms with van der Waals surface area (Å²) in [5.41, 5.74) is 6.37. The van der Waals surface area contributed by atoms with Gasteiger partial charge in [0.1, 0.15) is 0 Å². The Morgan fingerprint density at radius 3 is 1.16 bits per heavy atom. The van der Waals surface area contributed by atoms with Crippen molar-refractivity contribution in [2.24, 2.45) is 0 Å². The van der Waals surface area contributed by atoms with Gasteiger partial charge in [-0.2, -0.15) is 0 Å². The summed E-state index contributed by atoms with van der Waals surface area (Å²) in [5.74, 6) is 0. The lowest BCUT2D eigenvalue weighted by molar-refractivity contribution is 0.00578. The lowest BCUT2D eigenvalue weighted by atomic mass is 9.67. The number of hydrogen-bond acceptors (Lipinski definition) is 4. The second-order valence-corrected chi connectivity index (χ2v) is 15.5. The van der Waals surface area contributed by atoms with Crippen molar-refractivity contribution >= 4 is 25.2 Å². The van der Waals surface area contributed by atoms with Gasteiger partial charge < -0.3 is 18.6 Å². The molecule has 6 heteroatoms. The van der Waals surface area contributed by atoms with E-state index >= 15 is 0 Å². The Morgan fingerprint density at radius 2 is 0.837 bits per heavy atom. The van der Waals surface area contributed by atoms with Gasteiger partial charge in [0, 0.05) is 5.41 Å². The van der Waals surface area contributed by atoms with Crippen LogP contribution in [0.2, 0.25) is 0 Å². The number of hydrogen-bond donors (Lipinski definition) is 0. The Morgan fingerprint density at radius 1 is 0.488 bits per heavy atom. The van der Waals surface area contributed by atoms with E-state index in [1.165, 1.54) is 73.6 Å². The first-order valence-corrected chi connectivity index (χ1v) is 17.2. The predicted molar refractivity (Wildman–Crippen MR) is 182 cm³/mol. The zero-order chi connectivity index (χ0) is 31.3. The molecular formula is C37H56B2O4. The van der Waals surface area contributed by atoms with Crippen LogP contribution in [0.25, 0.3) is 11.1 Å². The van der Waals surface area contributed by atoms with Crippen LogP contribution in [-0.4, -0.2) is 36.6 Å². The molecule has 4 nitrogen and oxygen atoms in total. The molecule has 0 aromatic heterocycles. The van der Waals surface area contributed by atoms with E-state index in [9.17, 15) is 0 Å². The molecular weight excluding hydrogens is 530 g/mol. The van der Waals surface area contributed by atoms with Crippen LogP contribution in [0.5, 0.6) is 0 Å². The number of fused-ring (bicyclic) bond motifs is 3.